The molecule has 1 heterocycles. The fourth-order valence-electron chi connectivity index (χ4n) is 2.75. The van der Waals surface area contributed by atoms with Crippen molar-refractivity contribution in [3.05, 3.63) is 63.7 Å². The number of benzene rings is 2. The van der Waals surface area contributed by atoms with Crippen LogP contribution in [0.3, 0.4) is 0 Å². The number of carbonyl (C=O) groups excluding carboxylic acids is 1. The Bertz CT molecular complexity index is 998. The molecule has 2 aromatic rings. The second-order valence-electron chi connectivity index (χ2n) is 5.89. The molecule has 0 spiro atoms. The van der Waals surface area contributed by atoms with Gasteiger partial charge in [0.2, 0.25) is 5.90 Å². The zero-order valence-corrected chi connectivity index (χ0v) is 16.1. The number of nitro groups is 1. The van der Waals surface area contributed by atoms with Gasteiger partial charge in [-0.1, -0.05) is 0 Å². The second kappa shape index (κ2) is 8.42. The molecular formula is C20H19N3O6. The van der Waals surface area contributed by atoms with E-state index in [4.69, 9.17) is 14.2 Å². The molecule has 3 rings (SSSR count). The highest BCUT2D eigenvalue weighted by molar-refractivity contribution is 6.30. The minimum Gasteiger partial charge on any atom is -0.497 e. The number of hydrogen-bond acceptors (Lipinski definition) is 7. The van der Waals surface area contributed by atoms with Crippen LogP contribution in [0, 0.1) is 10.1 Å². The summed E-state index contributed by atoms with van der Waals surface area (Å²) in [5.74, 6) is 0.885. The minimum absolute atomic E-state index is 0.0758. The van der Waals surface area contributed by atoms with Gasteiger partial charge < -0.3 is 14.2 Å². The van der Waals surface area contributed by atoms with Crippen molar-refractivity contribution in [3.63, 3.8) is 0 Å². The molecule has 0 aliphatic carbocycles. The lowest BCUT2D eigenvalue weighted by molar-refractivity contribution is -0.384. The lowest BCUT2D eigenvalue weighted by Gasteiger charge is -2.11. The molecule has 0 unspecified atom stereocenters. The Kier molecular flexibility index (Phi) is 5.77. The first-order valence-corrected chi connectivity index (χ1v) is 8.73. The first-order valence-electron chi connectivity index (χ1n) is 8.73. The topological polar surface area (TPSA) is 104 Å². The normalized spacial score (nSPS) is 14.7. The molecule has 0 aromatic heterocycles. The van der Waals surface area contributed by atoms with Crippen LogP contribution >= 0.6 is 0 Å². The third kappa shape index (κ3) is 4.03. The highest BCUT2D eigenvalue weighted by Crippen LogP contribution is 2.30. The molecular weight excluding hydrogens is 378 g/mol. The molecule has 9 nitrogen and oxygen atoms in total. The third-order valence-corrected chi connectivity index (χ3v) is 4.17. The molecule has 0 radical (unpaired) electrons. The first kappa shape index (κ1) is 19.9. The molecule has 0 N–H and O–H groups in total. The van der Waals surface area contributed by atoms with Crippen LogP contribution in [0.5, 0.6) is 11.5 Å². The van der Waals surface area contributed by atoms with Gasteiger partial charge in [0.25, 0.3) is 11.6 Å². The van der Waals surface area contributed by atoms with Gasteiger partial charge in [-0.2, -0.15) is 5.01 Å². The molecule has 1 aliphatic heterocycles. The van der Waals surface area contributed by atoms with Crippen molar-refractivity contribution in [1.82, 2.24) is 0 Å². The standard InChI is InChI=1S/C20H19N3O6/c1-4-29-19-17(11-13-5-10-16(27-2)12-18(13)28-3)20(24)22(21-19)14-6-8-15(9-7-14)23(25)26/h5-12H,4H2,1-3H3. The number of non-ortho nitro benzene ring substituents is 1. The fourth-order valence-corrected chi connectivity index (χ4v) is 2.75. The average Bonchev–Trinajstić information content (AvgIpc) is 3.04. The van der Waals surface area contributed by atoms with E-state index in [1.807, 2.05) is 0 Å². The van der Waals surface area contributed by atoms with Crippen LogP contribution in [-0.2, 0) is 9.53 Å². The number of methoxy groups -OCH3 is 2. The Morgan fingerprint density at radius 3 is 2.45 bits per heavy atom. The van der Waals surface area contributed by atoms with Gasteiger partial charge in [0.15, 0.2) is 0 Å². The number of hydrogen-bond donors (Lipinski definition) is 0. The molecule has 9 heteroatoms. The van der Waals surface area contributed by atoms with E-state index in [2.05, 4.69) is 5.10 Å². The van der Waals surface area contributed by atoms with Crippen LogP contribution in [0.15, 0.2) is 53.1 Å². The van der Waals surface area contributed by atoms with Crippen LogP contribution < -0.4 is 14.5 Å². The molecule has 0 saturated heterocycles. The van der Waals surface area contributed by atoms with Gasteiger partial charge >= 0.3 is 0 Å². The number of carbonyl (C=O) groups is 1. The van der Waals surface area contributed by atoms with Crippen molar-refractivity contribution in [2.45, 2.75) is 6.92 Å². The summed E-state index contributed by atoms with van der Waals surface area (Å²) >= 11 is 0. The van der Waals surface area contributed by atoms with Gasteiger partial charge in [0.05, 0.1) is 31.4 Å². The van der Waals surface area contributed by atoms with Crippen LogP contribution in [0.25, 0.3) is 6.08 Å². The van der Waals surface area contributed by atoms with Crippen LogP contribution in [0.2, 0.25) is 0 Å². The van der Waals surface area contributed by atoms with E-state index in [0.717, 1.165) is 5.01 Å². The Hall–Kier alpha value is -3.88. The molecule has 0 bridgehead atoms. The van der Waals surface area contributed by atoms with E-state index in [1.165, 1.54) is 31.4 Å². The SMILES string of the molecule is CCOC1=NN(c2ccc([N+](=O)[O-])cc2)C(=O)C1=Cc1ccc(OC)cc1OC. The maximum atomic E-state index is 13.0. The Balaban J connectivity index is 1.99. The number of anilines is 1. The smallest absolute Gasteiger partial charge is 0.284 e. The minimum atomic E-state index is -0.508. The van der Waals surface area contributed by atoms with Crippen molar-refractivity contribution >= 4 is 29.3 Å². The van der Waals surface area contributed by atoms with E-state index >= 15 is 0 Å². The number of hydrazone groups is 1. The Labute approximate surface area is 166 Å². The Morgan fingerprint density at radius 2 is 1.86 bits per heavy atom. The summed E-state index contributed by atoms with van der Waals surface area (Å²) in [4.78, 5) is 23.3. The summed E-state index contributed by atoms with van der Waals surface area (Å²) in [7, 11) is 3.07. The molecule has 0 fully saturated rings. The zero-order chi connectivity index (χ0) is 21.0. The van der Waals surface area contributed by atoms with Crippen LogP contribution in [-0.4, -0.2) is 37.6 Å². The zero-order valence-electron chi connectivity index (χ0n) is 16.1. The molecule has 29 heavy (non-hydrogen) atoms. The van der Waals surface area contributed by atoms with Crippen molar-refractivity contribution in [2.75, 3.05) is 25.8 Å². The number of nitrogens with zero attached hydrogens (tertiary/aromatic N) is 3. The predicted octanol–water partition coefficient (Wildman–Crippen LogP) is 3.39. The summed E-state index contributed by atoms with van der Waals surface area (Å²) in [5, 5.41) is 16.2. The molecule has 150 valence electrons. The van der Waals surface area contributed by atoms with Crippen molar-refractivity contribution < 1.29 is 23.9 Å². The lowest BCUT2D eigenvalue weighted by Crippen LogP contribution is -2.21. The predicted molar refractivity (Wildman–Crippen MR) is 107 cm³/mol. The van der Waals surface area contributed by atoms with E-state index < -0.39 is 10.8 Å². The third-order valence-electron chi connectivity index (χ3n) is 4.17. The van der Waals surface area contributed by atoms with Gasteiger partial charge in [-0.3, -0.25) is 14.9 Å². The fraction of sp³-hybridized carbons (Fsp3) is 0.200. The second-order valence-corrected chi connectivity index (χ2v) is 5.89. The molecule has 0 saturated carbocycles. The number of nitro benzene ring substituents is 1. The van der Waals surface area contributed by atoms with Crippen LogP contribution in [0.1, 0.15) is 12.5 Å². The van der Waals surface area contributed by atoms with E-state index in [1.54, 1.807) is 38.3 Å². The van der Waals surface area contributed by atoms with Gasteiger partial charge in [0.1, 0.15) is 17.1 Å². The number of ether oxygens (including phenoxy) is 3. The van der Waals surface area contributed by atoms with Gasteiger partial charge in [-0.05, 0) is 37.3 Å². The lowest BCUT2D eigenvalue weighted by atomic mass is 10.1. The van der Waals surface area contributed by atoms with Crippen molar-refractivity contribution in [3.8, 4) is 11.5 Å². The first-order chi connectivity index (χ1) is 14.0. The summed E-state index contributed by atoms with van der Waals surface area (Å²) in [6.45, 7) is 2.10. The highest BCUT2D eigenvalue weighted by Gasteiger charge is 2.33. The van der Waals surface area contributed by atoms with Crippen molar-refractivity contribution in [2.24, 2.45) is 5.10 Å². The van der Waals surface area contributed by atoms with Gasteiger partial charge in [0, 0.05) is 23.8 Å². The van der Waals surface area contributed by atoms with Crippen LogP contribution in [0.4, 0.5) is 11.4 Å². The summed E-state index contributed by atoms with van der Waals surface area (Å²) in [6.07, 6.45) is 1.63. The molecule has 1 aliphatic rings. The molecule has 2 aromatic carbocycles. The van der Waals surface area contributed by atoms with Gasteiger partial charge in [-0.15, -0.1) is 5.10 Å². The number of amides is 1. The maximum Gasteiger partial charge on any atom is 0.284 e. The molecule has 1 amide bonds. The van der Waals surface area contributed by atoms with Crippen molar-refractivity contribution in [1.29, 1.82) is 0 Å². The Morgan fingerprint density at radius 1 is 1.14 bits per heavy atom. The molecule has 0 atom stereocenters. The summed E-state index contributed by atoms with van der Waals surface area (Å²) in [6, 6.07) is 10.8. The monoisotopic (exact) mass is 397 g/mol. The largest absolute Gasteiger partial charge is 0.497 e. The number of rotatable bonds is 6. The summed E-state index contributed by atoms with van der Waals surface area (Å²) < 4.78 is 16.1. The average molecular weight is 397 g/mol. The summed E-state index contributed by atoms with van der Waals surface area (Å²) in [5.41, 5.74) is 1.21. The van der Waals surface area contributed by atoms with E-state index in [9.17, 15) is 14.9 Å². The maximum absolute atomic E-state index is 13.0. The van der Waals surface area contributed by atoms with Gasteiger partial charge in [-0.25, -0.2) is 0 Å². The highest BCUT2D eigenvalue weighted by atomic mass is 16.6. The quantitative estimate of drug-likeness (QED) is 0.420. The van der Waals surface area contributed by atoms with E-state index in [0.29, 0.717) is 29.4 Å². The van der Waals surface area contributed by atoms with E-state index in [-0.39, 0.29) is 17.2 Å².